The van der Waals surface area contributed by atoms with Crippen molar-refractivity contribution in [2.24, 2.45) is 0 Å². The second-order valence-corrected chi connectivity index (χ2v) is 11.0. The quantitative estimate of drug-likeness (QED) is 0.204. The minimum atomic E-state index is -0.636. The van der Waals surface area contributed by atoms with Crippen molar-refractivity contribution in [1.29, 1.82) is 0 Å². The van der Waals surface area contributed by atoms with Crippen LogP contribution in [0.5, 0.6) is 0 Å². The molecular formula is C39H23N3OS. The highest BCUT2D eigenvalue weighted by molar-refractivity contribution is 7.26. The van der Waals surface area contributed by atoms with Gasteiger partial charge in [0.15, 0.2) is 17.5 Å². The molecule has 206 valence electrons. The summed E-state index contributed by atoms with van der Waals surface area (Å²) < 4.78 is 103. The molecule has 0 amide bonds. The zero-order valence-corrected chi connectivity index (χ0v) is 23.4. The number of furan rings is 1. The summed E-state index contributed by atoms with van der Waals surface area (Å²) in [6.45, 7) is 0. The molecular weight excluding hydrogens is 559 g/mol. The van der Waals surface area contributed by atoms with Crippen LogP contribution in [0.3, 0.4) is 0 Å². The second-order valence-electron chi connectivity index (χ2n) is 9.96. The molecule has 4 nitrogen and oxygen atoms in total. The number of hydrogen-bond acceptors (Lipinski definition) is 5. The summed E-state index contributed by atoms with van der Waals surface area (Å²) >= 11 is 0.884. The van der Waals surface area contributed by atoms with Gasteiger partial charge in [-0.05, 0) is 29.3 Å². The molecule has 9 rings (SSSR count). The van der Waals surface area contributed by atoms with Gasteiger partial charge in [-0.15, -0.1) is 11.3 Å². The van der Waals surface area contributed by atoms with Gasteiger partial charge in [0.2, 0.25) is 0 Å². The molecule has 0 aliphatic heterocycles. The van der Waals surface area contributed by atoms with Gasteiger partial charge in [-0.2, -0.15) is 0 Å². The van der Waals surface area contributed by atoms with Crippen LogP contribution in [0, 0.1) is 0 Å². The summed E-state index contributed by atoms with van der Waals surface area (Å²) in [6.07, 6.45) is 0. The van der Waals surface area contributed by atoms with E-state index >= 15 is 0 Å². The highest BCUT2D eigenvalue weighted by Crippen LogP contribution is 2.41. The van der Waals surface area contributed by atoms with E-state index < -0.39 is 60.4 Å². The Morgan fingerprint density at radius 1 is 0.523 bits per heavy atom. The van der Waals surface area contributed by atoms with Crippen LogP contribution < -0.4 is 0 Å². The van der Waals surface area contributed by atoms with E-state index in [2.05, 4.69) is 0 Å². The lowest BCUT2D eigenvalue weighted by molar-refractivity contribution is 0.669. The molecule has 0 spiro atoms. The Morgan fingerprint density at radius 2 is 1.30 bits per heavy atom. The molecule has 0 aliphatic carbocycles. The van der Waals surface area contributed by atoms with Crippen LogP contribution in [0.4, 0.5) is 0 Å². The minimum absolute atomic E-state index is 0.00179. The lowest BCUT2D eigenvalue weighted by atomic mass is 10.0. The van der Waals surface area contributed by atoms with Crippen molar-refractivity contribution in [2.75, 3.05) is 0 Å². The number of nitrogens with zero attached hydrogens (tertiary/aromatic N) is 3. The first-order valence-corrected chi connectivity index (χ1v) is 14.5. The maximum absolute atomic E-state index is 9.52. The maximum atomic E-state index is 9.52. The molecule has 0 unspecified atom stereocenters. The number of fused-ring (bicyclic) bond motifs is 6. The number of para-hydroxylation sites is 1. The molecule has 0 saturated carbocycles. The van der Waals surface area contributed by atoms with Crippen LogP contribution in [0.15, 0.2) is 144 Å². The molecule has 0 radical (unpaired) electrons. The Labute approximate surface area is 272 Å². The summed E-state index contributed by atoms with van der Waals surface area (Å²) in [5.41, 5.74) is 1.91. The zero-order valence-electron chi connectivity index (χ0n) is 33.6. The summed E-state index contributed by atoms with van der Waals surface area (Å²) in [7, 11) is 0. The molecule has 5 heteroatoms. The largest absolute Gasteiger partial charge is 0.456 e. The Hall–Kier alpha value is -5.65. The normalized spacial score (nSPS) is 15.1. The molecule has 0 fully saturated rings. The molecule has 6 aromatic carbocycles. The minimum Gasteiger partial charge on any atom is -0.456 e. The zero-order chi connectivity index (χ0) is 38.6. The Morgan fingerprint density at radius 3 is 2.18 bits per heavy atom. The molecule has 44 heavy (non-hydrogen) atoms. The molecule has 0 N–H and O–H groups in total. The number of rotatable bonds is 4. The van der Waals surface area contributed by atoms with E-state index in [9.17, 15) is 4.11 Å². The molecule has 3 aromatic heterocycles. The Bertz CT molecular complexity index is 3100. The third-order valence-electron chi connectivity index (χ3n) is 7.35. The summed E-state index contributed by atoms with van der Waals surface area (Å²) in [5.74, 6) is 0.426. The number of benzene rings is 6. The van der Waals surface area contributed by atoms with Crippen molar-refractivity contribution in [3.05, 3.63) is 139 Å². The molecule has 0 atom stereocenters. The highest BCUT2D eigenvalue weighted by Gasteiger charge is 2.18. The van der Waals surface area contributed by atoms with Crippen molar-refractivity contribution < 1.29 is 19.5 Å². The van der Waals surface area contributed by atoms with Gasteiger partial charge < -0.3 is 4.42 Å². The fourth-order valence-corrected chi connectivity index (χ4v) is 6.49. The SMILES string of the molecule is [2H]c1c([2H])c([2H])c(-c2c([2H])c([2H])c([2H])c3c2sc2c([2H])c(-c4nc(-c5ccccc5)nc(-c5cccc6oc7ccccc7c56)n4)c([2H])c([2H])c23)c([2H])c1[2H]. The van der Waals surface area contributed by atoms with Crippen LogP contribution in [0.2, 0.25) is 0 Å². The van der Waals surface area contributed by atoms with E-state index in [1.165, 1.54) is 0 Å². The van der Waals surface area contributed by atoms with Crippen LogP contribution in [0.1, 0.15) is 15.1 Å². The summed E-state index contributed by atoms with van der Waals surface area (Å²) in [4.78, 5) is 14.4. The van der Waals surface area contributed by atoms with E-state index in [-0.39, 0.29) is 60.4 Å². The molecule has 0 aliphatic rings. The number of hydrogen-bond donors (Lipinski definition) is 0. The fraction of sp³-hybridized carbons (Fsp3) is 0. The van der Waals surface area contributed by atoms with Crippen LogP contribution in [0.25, 0.3) is 87.4 Å². The maximum Gasteiger partial charge on any atom is 0.164 e. The van der Waals surface area contributed by atoms with Crippen molar-refractivity contribution in [3.8, 4) is 45.3 Å². The van der Waals surface area contributed by atoms with Crippen molar-refractivity contribution >= 4 is 53.4 Å². The Balaban J connectivity index is 1.37. The van der Waals surface area contributed by atoms with Crippen LogP contribution in [-0.2, 0) is 0 Å². The lowest BCUT2D eigenvalue weighted by Crippen LogP contribution is -2.00. The van der Waals surface area contributed by atoms with E-state index in [1.807, 2.05) is 72.8 Å². The molecule has 9 aromatic rings. The fourth-order valence-electron chi connectivity index (χ4n) is 5.36. The average molecular weight is 593 g/mol. The van der Waals surface area contributed by atoms with Crippen molar-refractivity contribution in [2.45, 2.75) is 0 Å². The van der Waals surface area contributed by atoms with Crippen LogP contribution >= 0.6 is 11.3 Å². The lowest BCUT2D eigenvalue weighted by Gasteiger charge is -2.09. The van der Waals surface area contributed by atoms with Gasteiger partial charge in [0.05, 0.1) is 15.1 Å². The second kappa shape index (κ2) is 9.97. The predicted octanol–water partition coefficient (Wildman–Crippen LogP) is 10.8. The van der Waals surface area contributed by atoms with Crippen molar-refractivity contribution in [3.63, 3.8) is 0 Å². The number of thiophene rings is 1. The van der Waals surface area contributed by atoms with Gasteiger partial charge in [-0.25, -0.2) is 15.0 Å². The van der Waals surface area contributed by atoms with E-state index in [0.29, 0.717) is 22.3 Å². The summed E-state index contributed by atoms with van der Waals surface area (Å²) in [6, 6.07) is 16.5. The monoisotopic (exact) mass is 592 g/mol. The smallest absolute Gasteiger partial charge is 0.164 e. The third-order valence-corrected chi connectivity index (χ3v) is 8.47. The number of aromatic nitrogens is 3. The van der Waals surface area contributed by atoms with E-state index in [0.717, 1.165) is 22.1 Å². The van der Waals surface area contributed by atoms with Gasteiger partial charge in [0.1, 0.15) is 11.2 Å². The highest BCUT2D eigenvalue weighted by atomic mass is 32.1. The van der Waals surface area contributed by atoms with E-state index in [4.69, 9.17) is 30.3 Å². The topological polar surface area (TPSA) is 51.8 Å². The first-order chi connectivity index (χ1) is 26.4. The Kier molecular flexibility index (Phi) is 3.69. The van der Waals surface area contributed by atoms with Gasteiger partial charge in [0.25, 0.3) is 0 Å². The first kappa shape index (κ1) is 16.3. The van der Waals surface area contributed by atoms with Gasteiger partial charge >= 0.3 is 0 Å². The van der Waals surface area contributed by atoms with Crippen molar-refractivity contribution in [1.82, 2.24) is 15.0 Å². The first-order valence-electron chi connectivity index (χ1n) is 19.1. The third kappa shape index (κ3) is 4.02. The average Bonchev–Trinajstić information content (AvgIpc) is 3.79. The van der Waals surface area contributed by atoms with Gasteiger partial charge in [-0.3, -0.25) is 0 Å². The summed E-state index contributed by atoms with van der Waals surface area (Å²) in [5, 5.41) is 1.56. The van der Waals surface area contributed by atoms with Crippen LogP contribution in [-0.4, -0.2) is 15.0 Å². The van der Waals surface area contributed by atoms with Gasteiger partial charge in [0, 0.05) is 47.6 Å². The molecule has 0 saturated heterocycles. The van der Waals surface area contributed by atoms with Gasteiger partial charge in [-0.1, -0.05) is 121 Å². The molecule has 3 heterocycles. The van der Waals surface area contributed by atoms with E-state index in [1.54, 1.807) is 0 Å². The molecule has 0 bridgehead atoms. The standard InChI is InChI=1S/C39H23N3OS/c1-3-11-24(12-4-1)27-16-9-17-29-28-22-21-26(23-34(28)44-36(27)29)38-40-37(25-13-5-2-6-14-25)41-39(42-38)31-18-10-20-33-35(31)30-15-7-8-19-32(30)43-33/h1-23H/i1D,3D,4D,9D,11D,12D,16D,17D,21D,22D,23D. The predicted molar refractivity (Wildman–Crippen MR) is 182 cm³/mol.